The van der Waals surface area contributed by atoms with E-state index in [-0.39, 0.29) is 5.78 Å². The van der Waals surface area contributed by atoms with E-state index in [0.29, 0.717) is 29.0 Å². The van der Waals surface area contributed by atoms with Crippen LogP contribution in [0.5, 0.6) is 0 Å². The lowest BCUT2D eigenvalue weighted by Gasteiger charge is -2.36. The number of piperazine rings is 1. The Morgan fingerprint density at radius 3 is 2.29 bits per heavy atom. The Balaban J connectivity index is 1.60. The van der Waals surface area contributed by atoms with E-state index in [0.717, 1.165) is 19.6 Å². The van der Waals surface area contributed by atoms with Gasteiger partial charge in [0.05, 0.1) is 11.4 Å². The maximum atomic E-state index is 12.5. The first-order valence-corrected chi connectivity index (χ1v) is 10.3. The summed E-state index contributed by atoms with van der Waals surface area (Å²) < 4.78 is 0. The molecule has 3 rings (SSSR count). The van der Waals surface area contributed by atoms with Gasteiger partial charge in [-0.05, 0) is 49.8 Å². The number of hydrogen-bond acceptors (Lipinski definition) is 6. The fraction of sp³-hybridized carbons (Fsp3) is 0.292. The van der Waals surface area contributed by atoms with Crippen molar-refractivity contribution in [2.75, 3.05) is 13.1 Å². The van der Waals surface area contributed by atoms with Crippen LogP contribution in [0.2, 0.25) is 0 Å². The highest BCUT2D eigenvalue weighted by molar-refractivity contribution is 6.06. The van der Waals surface area contributed by atoms with E-state index in [9.17, 15) is 9.59 Å². The Labute approximate surface area is 182 Å². The molecule has 3 N–H and O–H groups in total. The molecule has 0 saturated carbocycles. The first-order valence-electron chi connectivity index (χ1n) is 10.3. The van der Waals surface area contributed by atoms with Gasteiger partial charge in [-0.1, -0.05) is 30.3 Å². The van der Waals surface area contributed by atoms with Crippen LogP contribution in [0.1, 0.15) is 41.2 Å². The molecule has 1 aliphatic heterocycles. The molecule has 1 fully saturated rings. The standard InChI is InChI=1S/C24H28N4O3/c1-17-14-28(15-18(2)25-17)16-19-6-8-20(9-7-19)23(29)12-10-21-4-3-5-22(26-21)11-13-24(30)27-31/h3-13,17-18,25,31H,14-16H2,1-2H3,(H,27,30)/b12-10+,13-11+/t17-,18+. The number of benzene rings is 1. The Morgan fingerprint density at radius 2 is 1.68 bits per heavy atom. The maximum absolute atomic E-state index is 12.5. The van der Waals surface area contributed by atoms with E-state index in [1.165, 1.54) is 29.3 Å². The van der Waals surface area contributed by atoms with Crippen LogP contribution in [-0.4, -0.2) is 52.0 Å². The second-order valence-corrected chi connectivity index (χ2v) is 7.85. The van der Waals surface area contributed by atoms with Crippen LogP contribution in [0.15, 0.2) is 54.6 Å². The van der Waals surface area contributed by atoms with Crippen molar-refractivity contribution in [1.29, 1.82) is 0 Å². The number of hydrogen-bond donors (Lipinski definition) is 3. The van der Waals surface area contributed by atoms with Crippen molar-refractivity contribution in [3.63, 3.8) is 0 Å². The molecule has 1 aliphatic rings. The van der Waals surface area contributed by atoms with Crippen LogP contribution < -0.4 is 10.8 Å². The third-order valence-corrected chi connectivity index (χ3v) is 4.99. The van der Waals surface area contributed by atoms with Crippen molar-refractivity contribution in [2.24, 2.45) is 0 Å². The SMILES string of the molecule is C[C@@H]1CN(Cc2ccc(C(=O)/C=C/c3cccc(/C=C/C(=O)NO)n3)cc2)C[C@H](C)N1. The molecule has 2 heterocycles. The quantitative estimate of drug-likeness (QED) is 0.276. The molecule has 0 spiro atoms. The van der Waals surface area contributed by atoms with Gasteiger partial charge in [0.15, 0.2) is 5.78 Å². The number of hydroxylamine groups is 1. The largest absolute Gasteiger partial charge is 0.309 e. The monoisotopic (exact) mass is 420 g/mol. The van der Waals surface area contributed by atoms with Crippen LogP contribution in [0.3, 0.4) is 0 Å². The molecule has 1 amide bonds. The van der Waals surface area contributed by atoms with Crippen molar-refractivity contribution < 1.29 is 14.8 Å². The maximum Gasteiger partial charge on any atom is 0.267 e. The zero-order valence-corrected chi connectivity index (χ0v) is 17.8. The lowest BCUT2D eigenvalue weighted by atomic mass is 10.1. The van der Waals surface area contributed by atoms with Gasteiger partial charge < -0.3 is 5.32 Å². The van der Waals surface area contributed by atoms with E-state index in [4.69, 9.17) is 5.21 Å². The number of carbonyl (C=O) groups excluding carboxylic acids is 2. The minimum Gasteiger partial charge on any atom is -0.309 e. The molecule has 2 aromatic rings. The van der Waals surface area contributed by atoms with Crippen molar-refractivity contribution in [1.82, 2.24) is 20.7 Å². The summed E-state index contributed by atoms with van der Waals surface area (Å²) in [4.78, 5) is 30.4. The zero-order valence-electron chi connectivity index (χ0n) is 17.8. The fourth-order valence-electron chi connectivity index (χ4n) is 3.71. The topological polar surface area (TPSA) is 94.6 Å². The second-order valence-electron chi connectivity index (χ2n) is 7.85. The highest BCUT2D eigenvalue weighted by atomic mass is 16.5. The molecule has 0 aliphatic carbocycles. The summed E-state index contributed by atoms with van der Waals surface area (Å²) in [6, 6.07) is 14.0. The number of carbonyl (C=O) groups is 2. The van der Waals surface area contributed by atoms with Crippen molar-refractivity contribution in [3.8, 4) is 0 Å². The molecule has 162 valence electrons. The van der Waals surface area contributed by atoms with Crippen LogP contribution in [-0.2, 0) is 11.3 Å². The van der Waals surface area contributed by atoms with E-state index in [1.807, 2.05) is 24.3 Å². The number of ketones is 1. The van der Waals surface area contributed by atoms with E-state index < -0.39 is 5.91 Å². The third kappa shape index (κ3) is 6.96. The molecule has 1 aromatic heterocycles. The minimum atomic E-state index is -0.637. The van der Waals surface area contributed by atoms with Crippen molar-refractivity contribution >= 4 is 23.8 Å². The molecular weight excluding hydrogens is 392 g/mol. The molecule has 0 unspecified atom stereocenters. The van der Waals surface area contributed by atoms with E-state index in [1.54, 1.807) is 24.3 Å². The molecule has 2 atom stereocenters. The smallest absolute Gasteiger partial charge is 0.267 e. The van der Waals surface area contributed by atoms with Gasteiger partial charge in [0.25, 0.3) is 5.91 Å². The van der Waals surface area contributed by atoms with Gasteiger partial charge in [-0.3, -0.25) is 19.7 Å². The lowest BCUT2D eigenvalue weighted by Crippen LogP contribution is -2.53. The zero-order chi connectivity index (χ0) is 22.2. The molecule has 0 bridgehead atoms. The molecular formula is C24H28N4O3. The number of allylic oxidation sites excluding steroid dienone is 1. The highest BCUT2D eigenvalue weighted by Gasteiger charge is 2.20. The molecule has 1 aromatic carbocycles. The predicted octanol–water partition coefficient (Wildman–Crippen LogP) is 2.68. The number of nitrogens with one attached hydrogen (secondary N) is 2. The Hall–Kier alpha value is -3.13. The van der Waals surface area contributed by atoms with Crippen LogP contribution in [0.4, 0.5) is 0 Å². The summed E-state index contributed by atoms with van der Waals surface area (Å²) in [5.41, 5.74) is 4.47. The number of rotatable bonds is 7. The lowest BCUT2D eigenvalue weighted by molar-refractivity contribution is -0.124. The normalized spacial score (nSPS) is 19.7. The van der Waals surface area contributed by atoms with Crippen molar-refractivity contribution in [3.05, 3.63) is 77.1 Å². The van der Waals surface area contributed by atoms with Gasteiger partial charge in [0, 0.05) is 43.4 Å². The number of aromatic nitrogens is 1. The van der Waals surface area contributed by atoms with Crippen LogP contribution in [0, 0.1) is 0 Å². The van der Waals surface area contributed by atoms with Crippen LogP contribution >= 0.6 is 0 Å². The fourth-order valence-corrected chi connectivity index (χ4v) is 3.71. The summed E-state index contributed by atoms with van der Waals surface area (Å²) in [5, 5.41) is 12.1. The summed E-state index contributed by atoms with van der Waals surface area (Å²) >= 11 is 0. The minimum absolute atomic E-state index is 0.0987. The predicted molar refractivity (Wildman–Crippen MR) is 120 cm³/mol. The first kappa shape index (κ1) is 22.6. The molecule has 0 radical (unpaired) electrons. The second kappa shape index (κ2) is 10.8. The van der Waals surface area contributed by atoms with Gasteiger partial charge in [0.2, 0.25) is 0 Å². The van der Waals surface area contributed by atoms with Gasteiger partial charge in [-0.2, -0.15) is 0 Å². The summed E-state index contributed by atoms with van der Waals surface area (Å²) in [6.45, 7) is 7.30. The van der Waals surface area contributed by atoms with Gasteiger partial charge in [-0.25, -0.2) is 10.5 Å². The molecule has 7 nitrogen and oxygen atoms in total. The molecule has 7 heteroatoms. The summed E-state index contributed by atoms with van der Waals surface area (Å²) in [5.74, 6) is -0.735. The van der Waals surface area contributed by atoms with Gasteiger partial charge in [0.1, 0.15) is 0 Å². The number of pyridine rings is 1. The van der Waals surface area contributed by atoms with E-state index >= 15 is 0 Å². The molecule has 31 heavy (non-hydrogen) atoms. The highest BCUT2D eigenvalue weighted by Crippen LogP contribution is 2.13. The van der Waals surface area contributed by atoms with E-state index in [2.05, 4.69) is 29.0 Å². The number of amides is 1. The van der Waals surface area contributed by atoms with Gasteiger partial charge >= 0.3 is 0 Å². The summed E-state index contributed by atoms with van der Waals surface area (Å²) in [7, 11) is 0. The average Bonchev–Trinajstić information content (AvgIpc) is 2.76. The Kier molecular flexibility index (Phi) is 7.83. The van der Waals surface area contributed by atoms with Crippen LogP contribution in [0.25, 0.3) is 12.2 Å². The summed E-state index contributed by atoms with van der Waals surface area (Å²) in [6.07, 6.45) is 5.78. The average molecular weight is 421 g/mol. The van der Waals surface area contributed by atoms with Crippen molar-refractivity contribution in [2.45, 2.75) is 32.5 Å². The Bertz CT molecular complexity index is 959. The number of nitrogens with zero attached hydrogens (tertiary/aromatic N) is 2. The van der Waals surface area contributed by atoms with Gasteiger partial charge in [-0.15, -0.1) is 0 Å². The first-order chi connectivity index (χ1) is 14.9. The Morgan fingerprint density at radius 1 is 1.06 bits per heavy atom. The third-order valence-electron chi connectivity index (χ3n) is 4.99. The molecule has 1 saturated heterocycles.